The Labute approximate surface area is 215 Å². The molecule has 1 heterocycles. The molecular weight excluding hydrogens is 450 g/mol. The number of nitrogens with zero attached hydrogens (tertiary/aromatic N) is 1. The van der Waals surface area contributed by atoms with Crippen molar-refractivity contribution in [2.24, 2.45) is 0 Å². The summed E-state index contributed by atoms with van der Waals surface area (Å²) >= 11 is 0. The van der Waals surface area contributed by atoms with Crippen molar-refractivity contribution < 1.29 is 19.1 Å². The Kier molecular flexibility index (Phi) is 9.44. The highest BCUT2D eigenvalue weighted by atomic mass is 16.6. The van der Waals surface area contributed by atoms with Crippen LogP contribution in [-0.2, 0) is 14.3 Å². The van der Waals surface area contributed by atoms with Crippen LogP contribution in [0.5, 0.6) is 0 Å². The molecule has 0 saturated carbocycles. The van der Waals surface area contributed by atoms with Crippen molar-refractivity contribution in [1.82, 2.24) is 4.90 Å². The number of cyclic esters (lactones) is 1. The summed E-state index contributed by atoms with van der Waals surface area (Å²) in [6, 6.07) is 16.8. The maximum absolute atomic E-state index is 13.5. The lowest BCUT2D eigenvalue weighted by Gasteiger charge is -2.31. The molecule has 0 aromatic heterocycles. The second-order valence-electron chi connectivity index (χ2n) is 9.61. The van der Waals surface area contributed by atoms with Crippen LogP contribution < -0.4 is 0 Å². The van der Waals surface area contributed by atoms with Gasteiger partial charge in [0.1, 0.15) is 13.2 Å². The number of carbonyl (C=O) groups is 2. The fraction of sp³-hybridized carbons (Fsp3) is 0.484. The van der Waals surface area contributed by atoms with E-state index >= 15 is 0 Å². The summed E-state index contributed by atoms with van der Waals surface area (Å²) in [5.41, 5.74) is 4.82. The molecule has 1 unspecified atom stereocenters. The number of carbonyl (C=O) groups excluding carboxylic acids is 2. The predicted octanol–water partition coefficient (Wildman–Crippen LogP) is 6.70. The molecule has 1 aliphatic heterocycles. The van der Waals surface area contributed by atoms with Crippen molar-refractivity contribution in [2.45, 2.75) is 76.7 Å². The molecule has 36 heavy (non-hydrogen) atoms. The lowest BCUT2D eigenvalue weighted by molar-refractivity contribution is -0.144. The minimum Gasteiger partial charge on any atom is -0.464 e. The van der Waals surface area contributed by atoms with Gasteiger partial charge in [-0.3, -0.25) is 4.79 Å². The Morgan fingerprint density at radius 2 is 1.67 bits per heavy atom. The summed E-state index contributed by atoms with van der Waals surface area (Å²) < 4.78 is 11.5. The summed E-state index contributed by atoms with van der Waals surface area (Å²) in [5, 5.41) is 0. The van der Waals surface area contributed by atoms with Gasteiger partial charge in [-0.1, -0.05) is 68.3 Å². The smallest absolute Gasteiger partial charge is 0.410 e. The van der Waals surface area contributed by atoms with Crippen molar-refractivity contribution >= 4 is 12.1 Å². The number of fused-ring (bicyclic) bond motifs is 3. The molecule has 4 rings (SSSR count). The highest BCUT2D eigenvalue weighted by Crippen LogP contribution is 2.44. The quantitative estimate of drug-likeness (QED) is 0.356. The van der Waals surface area contributed by atoms with Crippen LogP contribution in [0, 0.1) is 11.8 Å². The molecule has 2 aromatic rings. The largest absolute Gasteiger partial charge is 0.464 e. The first kappa shape index (κ1) is 25.8. The van der Waals surface area contributed by atoms with E-state index in [-0.39, 0.29) is 37.2 Å². The Hall–Kier alpha value is -3.26. The number of esters is 1. The van der Waals surface area contributed by atoms with E-state index in [0.29, 0.717) is 19.4 Å². The molecule has 0 N–H and O–H groups in total. The first-order chi connectivity index (χ1) is 17.7. The topological polar surface area (TPSA) is 55.8 Å². The van der Waals surface area contributed by atoms with E-state index in [4.69, 9.17) is 9.47 Å². The van der Waals surface area contributed by atoms with Crippen molar-refractivity contribution in [1.29, 1.82) is 0 Å². The molecule has 2 aliphatic rings. The maximum atomic E-state index is 13.5. The van der Waals surface area contributed by atoms with Gasteiger partial charge in [-0.15, -0.1) is 11.8 Å². The van der Waals surface area contributed by atoms with Crippen molar-refractivity contribution in [2.75, 3.05) is 19.8 Å². The van der Waals surface area contributed by atoms with Crippen LogP contribution in [0.2, 0.25) is 0 Å². The molecule has 0 spiro atoms. The predicted molar refractivity (Wildman–Crippen MR) is 142 cm³/mol. The van der Waals surface area contributed by atoms with Crippen LogP contribution in [0.15, 0.2) is 48.5 Å². The van der Waals surface area contributed by atoms with Crippen molar-refractivity contribution in [3.05, 3.63) is 59.7 Å². The number of hydrogen-bond acceptors (Lipinski definition) is 4. The number of ether oxygens (including phenoxy) is 2. The maximum Gasteiger partial charge on any atom is 0.410 e. The third-order valence-corrected chi connectivity index (χ3v) is 7.13. The molecule has 2 aromatic carbocycles. The molecular formula is C31H37NO4. The summed E-state index contributed by atoms with van der Waals surface area (Å²) in [6.45, 7) is 2.97. The fourth-order valence-electron chi connectivity index (χ4n) is 5.31. The standard InChI is InChI=1S/C31H37NO4/c1-2-14-24-15-8-6-4-3-5-7-9-20-30(33)35-22-21-32(24)31(34)36-23-29-27-18-12-10-16-25(27)26-17-11-13-19-28(26)29/h10-13,16-19,24,29H,2,4,6-9,14-15,20-23H2,1H3. The van der Waals surface area contributed by atoms with Gasteiger partial charge < -0.3 is 14.4 Å². The van der Waals surface area contributed by atoms with E-state index in [2.05, 4.69) is 55.2 Å². The van der Waals surface area contributed by atoms with Gasteiger partial charge in [0.25, 0.3) is 0 Å². The van der Waals surface area contributed by atoms with Crippen LogP contribution in [0.3, 0.4) is 0 Å². The molecule has 1 aliphatic carbocycles. The van der Waals surface area contributed by atoms with E-state index in [9.17, 15) is 9.59 Å². The SMILES string of the molecule is CCCC1CCCCC#CCCCC(=O)OCCN1C(=O)OCC1c2ccccc2-c2ccccc21. The van der Waals surface area contributed by atoms with Gasteiger partial charge in [0.05, 0.1) is 6.54 Å². The van der Waals surface area contributed by atoms with Crippen molar-refractivity contribution in [3.8, 4) is 23.0 Å². The number of amides is 1. The Bertz CT molecular complexity index is 1050. The van der Waals surface area contributed by atoms with Crippen LogP contribution in [-0.4, -0.2) is 42.8 Å². The minimum atomic E-state index is -0.324. The van der Waals surface area contributed by atoms with Gasteiger partial charge in [-0.25, -0.2) is 4.79 Å². The third kappa shape index (κ3) is 6.49. The number of hydrogen-bond donors (Lipinski definition) is 0. The average molecular weight is 488 g/mol. The van der Waals surface area contributed by atoms with Crippen LogP contribution in [0.1, 0.15) is 81.8 Å². The molecule has 190 valence electrons. The summed E-state index contributed by atoms with van der Waals surface area (Å²) in [7, 11) is 0. The number of rotatable bonds is 4. The van der Waals surface area contributed by atoms with E-state index in [1.807, 2.05) is 12.1 Å². The zero-order valence-electron chi connectivity index (χ0n) is 21.3. The van der Waals surface area contributed by atoms with E-state index < -0.39 is 0 Å². The van der Waals surface area contributed by atoms with E-state index in [1.165, 1.54) is 22.3 Å². The van der Waals surface area contributed by atoms with Gasteiger partial charge in [0.2, 0.25) is 0 Å². The molecule has 1 amide bonds. The Morgan fingerprint density at radius 1 is 1.00 bits per heavy atom. The Morgan fingerprint density at radius 3 is 2.36 bits per heavy atom. The fourth-order valence-corrected chi connectivity index (χ4v) is 5.31. The number of benzene rings is 2. The second kappa shape index (κ2) is 13.2. The summed E-state index contributed by atoms with van der Waals surface area (Å²) in [5.74, 6) is 6.15. The highest BCUT2D eigenvalue weighted by Gasteiger charge is 2.31. The first-order valence-electron chi connectivity index (χ1n) is 13.4. The van der Waals surface area contributed by atoms with Gasteiger partial charge in [0.15, 0.2) is 0 Å². The van der Waals surface area contributed by atoms with Gasteiger partial charge in [-0.2, -0.15) is 0 Å². The van der Waals surface area contributed by atoms with E-state index in [0.717, 1.165) is 44.9 Å². The lowest BCUT2D eigenvalue weighted by atomic mass is 9.98. The van der Waals surface area contributed by atoms with Gasteiger partial charge in [0, 0.05) is 31.2 Å². The molecule has 0 radical (unpaired) electrons. The zero-order valence-corrected chi connectivity index (χ0v) is 21.3. The molecule has 5 nitrogen and oxygen atoms in total. The molecule has 0 saturated heterocycles. The van der Waals surface area contributed by atoms with Gasteiger partial charge >= 0.3 is 12.1 Å². The van der Waals surface area contributed by atoms with Crippen LogP contribution in [0.25, 0.3) is 11.1 Å². The van der Waals surface area contributed by atoms with Crippen LogP contribution in [0.4, 0.5) is 4.79 Å². The monoisotopic (exact) mass is 487 g/mol. The molecule has 0 bridgehead atoms. The van der Waals surface area contributed by atoms with Crippen LogP contribution >= 0.6 is 0 Å². The molecule has 0 fully saturated rings. The first-order valence-corrected chi connectivity index (χ1v) is 13.4. The lowest BCUT2D eigenvalue weighted by Crippen LogP contribution is -2.43. The average Bonchev–Trinajstić information content (AvgIpc) is 3.21. The second-order valence-corrected chi connectivity index (χ2v) is 9.61. The third-order valence-electron chi connectivity index (χ3n) is 7.13. The van der Waals surface area contributed by atoms with Crippen molar-refractivity contribution in [3.63, 3.8) is 0 Å². The Balaban J connectivity index is 1.47. The minimum absolute atomic E-state index is 0.0193. The normalized spacial score (nSPS) is 19.1. The highest BCUT2D eigenvalue weighted by molar-refractivity contribution is 5.79. The van der Waals surface area contributed by atoms with Gasteiger partial charge in [-0.05, 0) is 47.9 Å². The summed E-state index contributed by atoms with van der Waals surface area (Å²) in [6.07, 6.45) is 7.10. The summed E-state index contributed by atoms with van der Waals surface area (Å²) in [4.78, 5) is 27.4. The zero-order chi connectivity index (χ0) is 25.2. The molecule has 1 atom stereocenters. The van der Waals surface area contributed by atoms with E-state index in [1.54, 1.807) is 4.90 Å². The molecule has 5 heteroatoms.